The lowest BCUT2D eigenvalue weighted by Gasteiger charge is -2.46. The molecule has 0 radical (unpaired) electrons. The van der Waals surface area contributed by atoms with E-state index in [1.165, 1.54) is 6.20 Å². The van der Waals surface area contributed by atoms with Crippen LogP contribution in [0.4, 0.5) is 10.1 Å². The molecule has 2 heterocycles. The molecule has 0 aromatic carbocycles. The SMILES string of the molecule is CCCC1(O)CN(c2ncc([N+](=O)[O-])s2)C1. The summed E-state index contributed by atoms with van der Waals surface area (Å²) in [6, 6.07) is 0. The van der Waals surface area contributed by atoms with E-state index in [0.717, 1.165) is 24.2 Å². The fourth-order valence-corrected chi connectivity index (χ4v) is 2.64. The first-order chi connectivity index (χ1) is 7.54. The average Bonchev–Trinajstić information content (AvgIpc) is 2.62. The Morgan fingerprint density at radius 3 is 2.94 bits per heavy atom. The van der Waals surface area contributed by atoms with E-state index in [1.54, 1.807) is 0 Å². The Balaban J connectivity index is 1.98. The monoisotopic (exact) mass is 243 g/mol. The molecule has 1 aliphatic rings. The highest BCUT2D eigenvalue weighted by Crippen LogP contribution is 2.35. The molecule has 1 N–H and O–H groups in total. The van der Waals surface area contributed by atoms with Gasteiger partial charge in [-0.2, -0.15) is 0 Å². The number of aromatic nitrogens is 1. The number of hydrogen-bond acceptors (Lipinski definition) is 6. The Morgan fingerprint density at radius 1 is 1.75 bits per heavy atom. The van der Waals surface area contributed by atoms with E-state index < -0.39 is 10.5 Å². The third-order valence-corrected chi connectivity index (χ3v) is 3.63. The quantitative estimate of drug-likeness (QED) is 0.638. The molecule has 88 valence electrons. The molecule has 0 amide bonds. The van der Waals surface area contributed by atoms with Crippen molar-refractivity contribution in [3.8, 4) is 0 Å². The van der Waals surface area contributed by atoms with Crippen LogP contribution >= 0.6 is 11.3 Å². The minimum absolute atomic E-state index is 0.0425. The van der Waals surface area contributed by atoms with Crippen molar-refractivity contribution in [3.63, 3.8) is 0 Å². The molecule has 6 nitrogen and oxygen atoms in total. The Morgan fingerprint density at radius 2 is 2.44 bits per heavy atom. The van der Waals surface area contributed by atoms with Gasteiger partial charge in [-0.3, -0.25) is 10.1 Å². The number of aliphatic hydroxyl groups is 1. The van der Waals surface area contributed by atoms with E-state index in [2.05, 4.69) is 4.98 Å². The second-order valence-corrected chi connectivity index (χ2v) is 5.06. The van der Waals surface area contributed by atoms with Crippen molar-refractivity contribution in [3.05, 3.63) is 16.3 Å². The van der Waals surface area contributed by atoms with Gasteiger partial charge in [-0.15, -0.1) is 0 Å². The van der Waals surface area contributed by atoms with Crippen LogP contribution in [0.5, 0.6) is 0 Å². The Hall–Kier alpha value is -1.21. The first-order valence-corrected chi connectivity index (χ1v) is 5.93. The van der Waals surface area contributed by atoms with Crippen LogP contribution in [0.25, 0.3) is 0 Å². The normalized spacial score (nSPS) is 18.2. The maximum Gasteiger partial charge on any atom is 0.345 e. The van der Waals surface area contributed by atoms with Gasteiger partial charge in [-0.1, -0.05) is 13.3 Å². The van der Waals surface area contributed by atoms with Crippen LogP contribution in [0.3, 0.4) is 0 Å². The predicted molar refractivity (Wildman–Crippen MR) is 60.8 cm³/mol. The summed E-state index contributed by atoms with van der Waals surface area (Å²) in [5, 5.41) is 21.1. The van der Waals surface area contributed by atoms with Crippen LogP contribution < -0.4 is 4.90 Å². The molecule has 0 unspecified atom stereocenters. The number of anilines is 1. The minimum atomic E-state index is -0.630. The van der Waals surface area contributed by atoms with Gasteiger partial charge >= 0.3 is 5.00 Å². The summed E-state index contributed by atoms with van der Waals surface area (Å²) in [4.78, 5) is 15.9. The molecule has 0 spiro atoms. The highest BCUT2D eigenvalue weighted by Gasteiger charge is 2.41. The highest BCUT2D eigenvalue weighted by molar-refractivity contribution is 7.18. The van der Waals surface area contributed by atoms with E-state index in [9.17, 15) is 15.2 Å². The molecule has 1 aromatic heterocycles. The van der Waals surface area contributed by atoms with Gasteiger partial charge in [0.15, 0.2) is 5.13 Å². The van der Waals surface area contributed by atoms with Crippen LogP contribution in [-0.4, -0.2) is 33.7 Å². The van der Waals surface area contributed by atoms with Crippen LogP contribution in [0.15, 0.2) is 6.20 Å². The van der Waals surface area contributed by atoms with Gasteiger partial charge in [0.25, 0.3) is 0 Å². The van der Waals surface area contributed by atoms with Gasteiger partial charge in [0.2, 0.25) is 0 Å². The minimum Gasteiger partial charge on any atom is -0.386 e. The molecule has 2 rings (SSSR count). The lowest BCUT2D eigenvalue weighted by atomic mass is 9.90. The highest BCUT2D eigenvalue weighted by atomic mass is 32.1. The van der Waals surface area contributed by atoms with Crippen molar-refractivity contribution in [2.75, 3.05) is 18.0 Å². The summed E-state index contributed by atoms with van der Waals surface area (Å²) in [7, 11) is 0. The second kappa shape index (κ2) is 3.99. The summed E-state index contributed by atoms with van der Waals surface area (Å²) < 4.78 is 0. The van der Waals surface area contributed by atoms with E-state index >= 15 is 0 Å². The van der Waals surface area contributed by atoms with Gasteiger partial charge in [-0.25, -0.2) is 4.98 Å². The van der Waals surface area contributed by atoms with Gasteiger partial charge in [0.05, 0.1) is 23.6 Å². The number of nitro groups is 1. The van der Waals surface area contributed by atoms with Gasteiger partial charge < -0.3 is 10.0 Å². The van der Waals surface area contributed by atoms with E-state index in [-0.39, 0.29) is 5.00 Å². The number of rotatable bonds is 4. The summed E-state index contributed by atoms with van der Waals surface area (Å²) in [5.41, 5.74) is -0.630. The Kier molecular flexibility index (Phi) is 2.81. The fraction of sp³-hybridized carbons (Fsp3) is 0.667. The Bertz CT molecular complexity index is 400. The molecule has 1 aromatic rings. The molecular formula is C9H13N3O3S. The topological polar surface area (TPSA) is 79.5 Å². The predicted octanol–water partition coefficient (Wildman–Crippen LogP) is 1.40. The van der Waals surface area contributed by atoms with Crippen LogP contribution in [0.1, 0.15) is 19.8 Å². The van der Waals surface area contributed by atoms with Crippen molar-refractivity contribution >= 4 is 21.5 Å². The van der Waals surface area contributed by atoms with Gasteiger partial charge in [0, 0.05) is 0 Å². The third-order valence-electron chi connectivity index (χ3n) is 2.62. The zero-order valence-electron chi connectivity index (χ0n) is 8.92. The van der Waals surface area contributed by atoms with Crippen molar-refractivity contribution in [2.45, 2.75) is 25.4 Å². The average molecular weight is 243 g/mol. The molecule has 0 aliphatic carbocycles. The van der Waals surface area contributed by atoms with Gasteiger partial charge in [0.1, 0.15) is 6.20 Å². The van der Waals surface area contributed by atoms with E-state index in [4.69, 9.17) is 0 Å². The van der Waals surface area contributed by atoms with E-state index in [0.29, 0.717) is 18.2 Å². The largest absolute Gasteiger partial charge is 0.386 e. The molecule has 7 heteroatoms. The van der Waals surface area contributed by atoms with Crippen molar-refractivity contribution < 1.29 is 10.0 Å². The summed E-state index contributed by atoms with van der Waals surface area (Å²) in [6.45, 7) is 3.06. The molecule has 16 heavy (non-hydrogen) atoms. The third kappa shape index (κ3) is 2.00. The number of nitrogens with zero attached hydrogens (tertiary/aromatic N) is 3. The molecule has 1 saturated heterocycles. The molecule has 1 aliphatic heterocycles. The number of thiazole rings is 1. The maximum absolute atomic E-state index is 10.5. The molecule has 1 fully saturated rings. The summed E-state index contributed by atoms with van der Waals surface area (Å²) in [5.74, 6) is 0. The zero-order chi connectivity index (χ0) is 11.8. The summed E-state index contributed by atoms with van der Waals surface area (Å²) in [6.07, 6.45) is 2.95. The smallest absolute Gasteiger partial charge is 0.345 e. The lowest BCUT2D eigenvalue weighted by molar-refractivity contribution is -0.380. The Labute approximate surface area is 96.7 Å². The first kappa shape index (κ1) is 11.3. The molecule has 0 saturated carbocycles. The molecule has 0 atom stereocenters. The van der Waals surface area contributed by atoms with Gasteiger partial charge in [-0.05, 0) is 17.8 Å². The summed E-state index contributed by atoms with van der Waals surface area (Å²) >= 11 is 1.05. The standard InChI is InChI=1S/C9H13N3O3S/c1-2-3-9(13)5-11(6-9)8-10-4-7(16-8)12(14)15/h4,13H,2-3,5-6H2,1H3. The first-order valence-electron chi connectivity index (χ1n) is 5.11. The van der Waals surface area contributed by atoms with Crippen LogP contribution in [0, 0.1) is 10.1 Å². The van der Waals surface area contributed by atoms with Crippen LogP contribution in [-0.2, 0) is 0 Å². The van der Waals surface area contributed by atoms with Crippen molar-refractivity contribution in [2.24, 2.45) is 0 Å². The molecule has 0 bridgehead atoms. The lowest BCUT2D eigenvalue weighted by Crippen LogP contribution is -2.61. The number of hydrogen-bond donors (Lipinski definition) is 1. The van der Waals surface area contributed by atoms with Crippen LogP contribution in [0.2, 0.25) is 0 Å². The maximum atomic E-state index is 10.5. The number of β-amino-alcohol motifs (C(OH)–C–C–N with tert-alkyl or cyclic N) is 1. The van der Waals surface area contributed by atoms with Crippen molar-refractivity contribution in [1.82, 2.24) is 4.98 Å². The fourth-order valence-electron chi connectivity index (χ4n) is 1.91. The second-order valence-electron chi connectivity index (χ2n) is 4.07. The van der Waals surface area contributed by atoms with Crippen molar-refractivity contribution in [1.29, 1.82) is 0 Å². The molecular weight excluding hydrogens is 230 g/mol. The van der Waals surface area contributed by atoms with E-state index in [1.807, 2.05) is 11.8 Å². The zero-order valence-corrected chi connectivity index (χ0v) is 9.74.